The van der Waals surface area contributed by atoms with Gasteiger partial charge in [0.15, 0.2) is 0 Å². The molecular weight excluding hydrogens is 346 g/mol. The van der Waals surface area contributed by atoms with Gasteiger partial charge in [-0.1, -0.05) is 15.9 Å². The van der Waals surface area contributed by atoms with Crippen molar-refractivity contribution >= 4 is 27.5 Å². The Morgan fingerprint density at radius 3 is 2.14 bits per heavy atom. The van der Waals surface area contributed by atoms with E-state index in [0.717, 1.165) is 21.3 Å². The number of aryl methyl sites for hydroxylation is 1. The van der Waals surface area contributed by atoms with E-state index in [0.29, 0.717) is 17.1 Å². The lowest BCUT2D eigenvalue weighted by Gasteiger charge is -2.13. The predicted octanol–water partition coefficient (Wildman–Crippen LogP) is 4.34. The molecule has 0 aliphatic carbocycles. The van der Waals surface area contributed by atoms with E-state index in [2.05, 4.69) is 21.2 Å². The van der Waals surface area contributed by atoms with Gasteiger partial charge in [0.2, 0.25) is 0 Å². The largest absolute Gasteiger partial charge is 0.496 e. The van der Waals surface area contributed by atoms with Crippen LogP contribution in [-0.2, 0) is 0 Å². The molecule has 22 heavy (non-hydrogen) atoms. The molecule has 0 heterocycles. The summed E-state index contributed by atoms with van der Waals surface area (Å²) in [6.07, 6.45) is 0. The Morgan fingerprint density at radius 1 is 1.05 bits per heavy atom. The van der Waals surface area contributed by atoms with E-state index in [4.69, 9.17) is 9.47 Å². The number of halogens is 1. The van der Waals surface area contributed by atoms with E-state index in [1.54, 1.807) is 26.4 Å². The highest BCUT2D eigenvalue weighted by Gasteiger charge is 2.14. The van der Waals surface area contributed by atoms with Crippen molar-refractivity contribution in [2.75, 3.05) is 19.5 Å². The Labute approximate surface area is 138 Å². The smallest absolute Gasteiger partial charge is 0.255 e. The summed E-state index contributed by atoms with van der Waals surface area (Å²) in [5.74, 6) is 1.03. The average Bonchev–Trinajstić information content (AvgIpc) is 2.51. The first-order valence-corrected chi connectivity index (χ1v) is 7.55. The molecule has 116 valence electrons. The SMILES string of the molecule is COc1cc(C(=O)Nc2ccc(Br)c(C)c2)cc(OC)c1C. The third-order valence-corrected chi connectivity index (χ3v) is 4.32. The van der Waals surface area contributed by atoms with Crippen molar-refractivity contribution in [2.24, 2.45) is 0 Å². The summed E-state index contributed by atoms with van der Waals surface area (Å²) in [5.41, 5.74) is 3.14. The highest BCUT2D eigenvalue weighted by molar-refractivity contribution is 9.10. The van der Waals surface area contributed by atoms with Crippen LogP contribution in [0.25, 0.3) is 0 Å². The minimum absolute atomic E-state index is 0.210. The number of carbonyl (C=O) groups excluding carboxylic acids is 1. The summed E-state index contributed by atoms with van der Waals surface area (Å²) in [7, 11) is 3.14. The van der Waals surface area contributed by atoms with Gasteiger partial charge in [0, 0.05) is 21.3 Å². The van der Waals surface area contributed by atoms with E-state index in [-0.39, 0.29) is 5.91 Å². The molecule has 0 atom stereocenters. The van der Waals surface area contributed by atoms with Crippen LogP contribution in [0.1, 0.15) is 21.5 Å². The lowest BCUT2D eigenvalue weighted by Crippen LogP contribution is -2.12. The van der Waals surface area contributed by atoms with Crippen LogP contribution < -0.4 is 14.8 Å². The van der Waals surface area contributed by atoms with Gasteiger partial charge in [0.25, 0.3) is 5.91 Å². The highest BCUT2D eigenvalue weighted by atomic mass is 79.9. The van der Waals surface area contributed by atoms with Crippen LogP contribution in [0.5, 0.6) is 11.5 Å². The number of rotatable bonds is 4. The standard InChI is InChI=1S/C17H18BrNO3/c1-10-7-13(5-6-14(10)18)19-17(20)12-8-15(21-3)11(2)16(9-12)22-4/h5-9H,1-4H3,(H,19,20). The quantitative estimate of drug-likeness (QED) is 0.878. The number of benzene rings is 2. The Bertz CT molecular complexity index is 688. The van der Waals surface area contributed by atoms with Gasteiger partial charge in [-0.3, -0.25) is 4.79 Å². The third kappa shape index (κ3) is 3.42. The molecule has 0 aliphatic heterocycles. The molecule has 0 fully saturated rings. The molecule has 0 saturated carbocycles. The van der Waals surface area contributed by atoms with Crippen molar-refractivity contribution in [3.05, 3.63) is 51.5 Å². The molecule has 0 spiro atoms. The maximum absolute atomic E-state index is 12.4. The number of amides is 1. The molecule has 1 N–H and O–H groups in total. The first-order valence-electron chi connectivity index (χ1n) is 6.76. The van der Waals surface area contributed by atoms with Crippen molar-refractivity contribution in [3.63, 3.8) is 0 Å². The van der Waals surface area contributed by atoms with Crippen LogP contribution in [0.4, 0.5) is 5.69 Å². The van der Waals surface area contributed by atoms with Gasteiger partial charge in [-0.05, 0) is 49.7 Å². The monoisotopic (exact) mass is 363 g/mol. The fourth-order valence-corrected chi connectivity index (χ4v) is 2.39. The Kier molecular flexibility index (Phi) is 5.08. The van der Waals surface area contributed by atoms with Crippen molar-refractivity contribution in [1.82, 2.24) is 0 Å². The predicted molar refractivity (Wildman–Crippen MR) is 91.1 cm³/mol. The van der Waals surface area contributed by atoms with Crippen LogP contribution in [0, 0.1) is 13.8 Å². The van der Waals surface area contributed by atoms with E-state index in [1.807, 2.05) is 32.0 Å². The molecule has 2 aromatic carbocycles. The molecule has 2 rings (SSSR count). The first kappa shape index (κ1) is 16.4. The zero-order valence-corrected chi connectivity index (χ0v) is 14.6. The summed E-state index contributed by atoms with van der Waals surface area (Å²) in [6.45, 7) is 3.86. The van der Waals surface area contributed by atoms with Crippen LogP contribution >= 0.6 is 15.9 Å². The molecule has 4 nitrogen and oxygen atoms in total. The van der Waals surface area contributed by atoms with E-state index >= 15 is 0 Å². The van der Waals surface area contributed by atoms with Crippen LogP contribution in [0.2, 0.25) is 0 Å². The number of nitrogens with one attached hydrogen (secondary N) is 1. The number of anilines is 1. The third-order valence-electron chi connectivity index (χ3n) is 3.43. The molecular formula is C17H18BrNO3. The normalized spacial score (nSPS) is 10.2. The minimum Gasteiger partial charge on any atom is -0.496 e. The van der Waals surface area contributed by atoms with E-state index < -0.39 is 0 Å². The van der Waals surface area contributed by atoms with Crippen molar-refractivity contribution in [2.45, 2.75) is 13.8 Å². The number of carbonyl (C=O) groups is 1. The topological polar surface area (TPSA) is 47.6 Å². The summed E-state index contributed by atoms with van der Waals surface area (Å²) < 4.78 is 11.6. The maximum atomic E-state index is 12.4. The molecule has 2 aromatic rings. The molecule has 0 unspecified atom stereocenters. The number of hydrogen-bond acceptors (Lipinski definition) is 3. The second-order valence-corrected chi connectivity index (χ2v) is 5.78. The zero-order valence-electron chi connectivity index (χ0n) is 13.0. The second-order valence-electron chi connectivity index (χ2n) is 4.92. The van der Waals surface area contributed by atoms with Gasteiger partial charge in [0.1, 0.15) is 11.5 Å². The second kappa shape index (κ2) is 6.83. The number of ether oxygens (including phenoxy) is 2. The van der Waals surface area contributed by atoms with Gasteiger partial charge in [-0.2, -0.15) is 0 Å². The zero-order chi connectivity index (χ0) is 16.3. The van der Waals surface area contributed by atoms with Gasteiger partial charge in [-0.25, -0.2) is 0 Å². The van der Waals surface area contributed by atoms with Crippen molar-refractivity contribution in [3.8, 4) is 11.5 Å². The van der Waals surface area contributed by atoms with Crippen molar-refractivity contribution < 1.29 is 14.3 Å². The van der Waals surface area contributed by atoms with Gasteiger partial charge >= 0.3 is 0 Å². The molecule has 0 aromatic heterocycles. The van der Waals surface area contributed by atoms with Gasteiger partial charge < -0.3 is 14.8 Å². The Morgan fingerprint density at radius 2 is 1.64 bits per heavy atom. The fourth-order valence-electron chi connectivity index (χ4n) is 2.14. The van der Waals surface area contributed by atoms with Gasteiger partial charge in [-0.15, -0.1) is 0 Å². The van der Waals surface area contributed by atoms with Crippen molar-refractivity contribution in [1.29, 1.82) is 0 Å². The first-order chi connectivity index (χ1) is 10.5. The molecule has 0 bridgehead atoms. The van der Waals surface area contributed by atoms with Gasteiger partial charge in [0.05, 0.1) is 14.2 Å². The Hall–Kier alpha value is -2.01. The molecule has 1 amide bonds. The molecule has 0 aliphatic rings. The van der Waals surface area contributed by atoms with E-state index in [1.165, 1.54) is 0 Å². The lowest BCUT2D eigenvalue weighted by molar-refractivity contribution is 0.102. The van der Waals surface area contributed by atoms with Crippen LogP contribution in [0.3, 0.4) is 0 Å². The molecule has 0 radical (unpaired) electrons. The maximum Gasteiger partial charge on any atom is 0.255 e. The number of methoxy groups -OCH3 is 2. The molecule has 5 heteroatoms. The lowest BCUT2D eigenvalue weighted by atomic mass is 10.1. The average molecular weight is 364 g/mol. The summed E-state index contributed by atoms with van der Waals surface area (Å²) >= 11 is 3.44. The Balaban J connectivity index is 2.31. The van der Waals surface area contributed by atoms with Crippen LogP contribution in [-0.4, -0.2) is 20.1 Å². The number of hydrogen-bond donors (Lipinski definition) is 1. The summed E-state index contributed by atoms with van der Waals surface area (Å²) in [6, 6.07) is 9.07. The summed E-state index contributed by atoms with van der Waals surface area (Å²) in [4.78, 5) is 12.4. The molecule has 0 saturated heterocycles. The fraction of sp³-hybridized carbons (Fsp3) is 0.235. The van der Waals surface area contributed by atoms with Crippen LogP contribution in [0.15, 0.2) is 34.8 Å². The highest BCUT2D eigenvalue weighted by Crippen LogP contribution is 2.30. The minimum atomic E-state index is -0.210. The van der Waals surface area contributed by atoms with E-state index in [9.17, 15) is 4.79 Å². The summed E-state index contributed by atoms with van der Waals surface area (Å²) in [5, 5.41) is 2.88.